The summed E-state index contributed by atoms with van der Waals surface area (Å²) in [6.07, 6.45) is 2.10. The summed E-state index contributed by atoms with van der Waals surface area (Å²) in [5, 5.41) is 0. The Balaban J connectivity index is 2.55. The second kappa shape index (κ2) is 1.97. The van der Waals surface area contributed by atoms with Gasteiger partial charge in [-0.15, -0.1) is 0 Å². The van der Waals surface area contributed by atoms with E-state index in [4.69, 9.17) is 0 Å². The topological polar surface area (TPSA) is 17.3 Å². The van der Waals surface area contributed by atoms with Crippen molar-refractivity contribution in [2.45, 2.75) is 13.5 Å². The molecular weight excluding hydrogens is 124 g/mol. The van der Waals surface area contributed by atoms with E-state index in [-0.39, 0.29) is 0 Å². The van der Waals surface area contributed by atoms with Gasteiger partial charge in [0.2, 0.25) is 0 Å². The van der Waals surface area contributed by atoms with Gasteiger partial charge in [0.05, 0.1) is 18.0 Å². The Morgan fingerprint density at radius 3 is 3.30 bits per heavy atom. The highest BCUT2D eigenvalue weighted by Gasteiger charge is 2.06. The zero-order valence-electron chi connectivity index (χ0n) is 6.04. The molecule has 1 aliphatic rings. The summed E-state index contributed by atoms with van der Waals surface area (Å²) in [5.41, 5.74) is 2.43. The number of nitrogens with zero attached hydrogens (tertiary/aromatic N) is 2. The zero-order valence-corrected chi connectivity index (χ0v) is 6.04. The third-order valence-electron chi connectivity index (χ3n) is 1.89. The SMILES string of the molecule is CC1=NCCn2cccc21. The summed E-state index contributed by atoms with van der Waals surface area (Å²) in [7, 11) is 0. The largest absolute Gasteiger partial charge is 0.345 e. The van der Waals surface area contributed by atoms with Crippen molar-refractivity contribution in [3.63, 3.8) is 0 Å². The number of hydrogen-bond acceptors (Lipinski definition) is 1. The second-order valence-electron chi connectivity index (χ2n) is 2.55. The van der Waals surface area contributed by atoms with Crippen LogP contribution in [0.2, 0.25) is 0 Å². The van der Waals surface area contributed by atoms with Gasteiger partial charge in [-0.05, 0) is 19.1 Å². The highest BCUT2D eigenvalue weighted by Crippen LogP contribution is 2.08. The molecule has 0 amide bonds. The van der Waals surface area contributed by atoms with Crippen molar-refractivity contribution in [3.8, 4) is 0 Å². The molecule has 2 heteroatoms. The fraction of sp³-hybridized carbons (Fsp3) is 0.375. The van der Waals surface area contributed by atoms with Gasteiger partial charge in [-0.2, -0.15) is 0 Å². The van der Waals surface area contributed by atoms with Crippen molar-refractivity contribution in [3.05, 3.63) is 24.0 Å². The molecule has 0 unspecified atom stereocenters. The maximum Gasteiger partial charge on any atom is 0.0618 e. The summed E-state index contributed by atoms with van der Waals surface area (Å²) in [6, 6.07) is 4.18. The van der Waals surface area contributed by atoms with Crippen LogP contribution in [0, 0.1) is 0 Å². The van der Waals surface area contributed by atoms with Crippen LogP contribution in [0.3, 0.4) is 0 Å². The summed E-state index contributed by atoms with van der Waals surface area (Å²) >= 11 is 0. The monoisotopic (exact) mass is 134 g/mol. The molecule has 0 atom stereocenters. The van der Waals surface area contributed by atoms with E-state index in [0.717, 1.165) is 18.8 Å². The Kier molecular flexibility index (Phi) is 1.13. The minimum atomic E-state index is 0.938. The smallest absolute Gasteiger partial charge is 0.0618 e. The van der Waals surface area contributed by atoms with Gasteiger partial charge in [-0.3, -0.25) is 4.99 Å². The Bertz CT molecular complexity index is 271. The predicted octanol–water partition coefficient (Wildman–Crippen LogP) is 1.31. The Morgan fingerprint density at radius 2 is 2.50 bits per heavy atom. The molecule has 52 valence electrons. The van der Waals surface area contributed by atoms with Gasteiger partial charge >= 0.3 is 0 Å². The molecule has 2 heterocycles. The molecule has 0 spiro atoms. The second-order valence-corrected chi connectivity index (χ2v) is 2.55. The molecule has 0 bridgehead atoms. The molecule has 0 fully saturated rings. The first-order valence-corrected chi connectivity index (χ1v) is 3.54. The lowest BCUT2D eigenvalue weighted by molar-refractivity contribution is 0.689. The maximum absolute atomic E-state index is 4.34. The van der Waals surface area contributed by atoms with Gasteiger partial charge < -0.3 is 4.57 Å². The van der Waals surface area contributed by atoms with Crippen molar-refractivity contribution >= 4 is 5.71 Å². The predicted molar refractivity (Wildman–Crippen MR) is 41.5 cm³/mol. The van der Waals surface area contributed by atoms with Crippen molar-refractivity contribution in [2.75, 3.05) is 6.54 Å². The normalized spacial score (nSPS) is 16.3. The van der Waals surface area contributed by atoms with E-state index in [2.05, 4.69) is 34.8 Å². The van der Waals surface area contributed by atoms with Gasteiger partial charge in [-0.1, -0.05) is 0 Å². The highest BCUT2D eigenvalue weighted by atomic mass is 15.0. The molecule has 0 aliphatic carbocycles. The van der Waals surface area contributed by atoms with Gasteiger partial charge in [0.1, 0.15) is 0 Å². The first-order chi connectivity index (χ1) is 4.88. The number of aliphatic imine (C=N–C) groups is 1. The van der Waals surface area contributed by atoms with Gasteiger partial charge in [0.25, 0.3) is 0 Å². The molecule has 1 aromatic heterocycles. The number of fused-ring (bicyclic) bond motifs is 1. The van der Waals surface area contributed by atoms with Crippen molar-refractivity contribution in [1.29, 1.82) is 0 Å². The number of hydrogen-bond donors (Lipinski definition) is 0. The fourth-order valence-electron chi connectivity index (χ4n) is 1.34. The Morgan fingerprint density at radius 1 is 1.60 bits per heavy atom. The van der Waals surface area contributed by atoms with Crippen molar-refractivity contribution in [1.82, 2.24) is 4.57 Å². The maximum atomic E-state index is 4.34. The van der Waals surface area contributed by atoms with Gasteiger partial charge in [-0.25, -0.2) is 0 Å². The average Bonchev–Trinajstić information content (AvgIpc) is 2.36. The van der Waals surface area contributed by atoms with E-state index < -0.39 is 0 Å². The summed E-state index contributed by atoms with van der Waals surface area (Å²) in [6.45, 7) is 4.04. The third-order valence-corrected chi connectivity index (χ3v) is 1.89. The molecule has 1 aliphatic heterocycles. The van der Waals surface area contributed by atoms with E-state index in [9.17, 15) is 0 Å². The molecule has 0 aromatic carbocycles. The van der Waals surface area contributed by atoms with Gasteiger partial charge in [0, 0.05) is 12.7 Å². The van der Waals surface area contributed by atoms with Crippen LogP contribution in [-0.4, -0.2) is 16.8 Å². The Labute approximate surface area is 60.2 Å². The zero-order chi connectivity index (χ0) is 6.97. The van der Waals surface area contributed by atoms with Crippen molar-refractivity contribution in [2.24, 2.45) is 4.99 Å². The van der Waals surface area contributed by atoms with E-state index in [1.165, 1.54) is 5.69 Å². The lowest BCUT2D eigenvalue weighted by Gasteiger charge is -2.12. The molecule has 0 saturated carbocycles. The summed E-state index contributed by atoms with van der Waals surface area (Å²) in [5.74, 6) is 0. The number of aromatic nitrogens is 1. The molecule has 0 saturated heterocycles. The molecule has 2 rings (SSSR count). The molecule has 2 nitrogen and oxygen atoms in total. The Hall–Kier alpha value is -1.05. The molecule has 0 N–H and O–H groups in total. The van der Waals surface area contributed by atoms with Crippen LogP contribution >= 0.6 is 0 Å². The lowest BCUT2D eigenvalue weighted by Crippen LogP contribution is -2.14. The molecule has 1 aromatic rings. The van der Waals surface area contributed by atoms with E-state index in [1.807, 2.05) is 0 Å². The van der Waals surface area contributed by atoms with E-state index in [0.29, 0.717) is 0 Å². The standard InChI is InChI=1S/C8H10N2/c1-7-8-3-2-5-10(8)6-4-9-7/h2-3,5H,4,6H2,1H3. The lowest BCUT2D eigenvalue weighted by atomic mass is 10.2. The first kappa shape index (κ1) is 5.71. The van der Waals surface area contributed by atoms with Crippen LogP contribution in [0.4, 0.5) is 0 Å². The van der Waals surface area contributed by atoms with Crippen LogP contribution in [-0.2, 0) is 6.54 Å². The van der Waals surface area contributed by atoms with Crippen LogP contribution in [0.15, 0.2) is 23.3 Å². The van der Waals surface area contributed by atoms with E-state index >= 15 is 0 Å². The molecule has 0 radical (unpaired) electrons. The first-order valence-electron chi connectivity index (χ1n) is 3.54. The summed E-state index contributed by atoms with van der Waals surface area (Å²) in [4.78, 5) is 4.34. The van der Waals surface area contributed by atoms with Crippen LogP contribution in [0.1, 0.15) is 12.6 Å². The fourth-order valence-corrected chi connectivity index (χ4v) is 1.34. The average molecular weight is 134 g/mol. The van der Waals surface area contributed by atoms with Crippen LogP contribution < -0.4 is 0 Å². The molecule has 10 heavy (non-hydrogen) atoms. The van der Waals surface area contributed by atoms with E-state index in [1.54, 1.807) is 0 Å². The minimum absolute atomic E-state index is 0.938. The quantitative estimate of drug-likeness (QED) is 0.509. The highest BCUT2D eigenvalue weighted by molar-refractivity contribution is 5.97. The van der Waals surface area contributed by atoms with Gasteiger partial charge in [0.15, 0.2) is 0 Å². The molecular formula is C8H10N2. The van der Waals surface area contributed by atoms with Crippen molar-refractivity contribution < 1.29 is 0 Å². The number of rotatable bonds is 0. The third kappa shape index (κ3) is 0.685. The van der Waals surface area contributed by atoms with Crippen LogP contribution in [0.25, 0.3) is 0 Å². The summed E-state index contributed by atoms with van der Waals surface area (Å²) < 4.78 is 2.24. The minimum Gasteiger partial charge on any atom is -0.345 e. The van der Waals surface area contributed by atoms with Crippen LogP contribution in [0.5, 0.6) is 0 Å².